The standard InChI is InChI=1S/C20H16Cl2N2O4S/c1-10-3-4-14(5-11(10)2)23-17(25)9-24-19(27)16(29-20(24)28)7-12-6-13(21)8-15(22)18(12)26/h3-8,26H,9H2,1-2H3,(H,23,25). The van der Waals surface area contributed by atoms with Crippen LogP contribution in [0.5, 0.6) is 5.75 Å². The van der Waals surface area contributed by atoms with Gasteiger partial charge in [-0.2, -0.15) is 0 Å². The third-order valence-corrected chi connectivity index (χ3v) is 5.72. The molecule has 3 rings (SSSR count). The van der Waals surface area contributed by atoms with E-state index in [2.05, 4.69) is 5.32 Å². The molecule has 0 aromatic heterocycles. The van der Waals surface area contributed by atoms with Crippen LogP contribution in [0, 0.1) is 13.8 Å². The largest absolute Gasteiger partial charge is 0.506 e. The number of hydrogen-bond acceptors (Lipinski definition) is 5. The minimum atomic E-state index is -0.634. The zero-order valence-electron chi connectivity index (χ0n) is 15.5. The number of amides is 3. The van der Waals surface area contributed by atoms with Crippen molar-refractivity contribution in [2.24, 2.45) is 0 Å². The summed E-state index contributed by atoms with van der Waals surface area (Å²) in [6.45, 7) is 3.46. The number of phenolic OH excluding ortho intramolecular Hbond substituents is 1. The van der Waals surface area contributed by atoms with Crippen LogP contribution in [0.4, 0.5) is 10.5 Å². The van der Waals surface area contributed by atoms with Gasteiger partial charge in [0, 0.05) is 16.3 Å². The zero-order chi connectivity index (χ0) is 21.3. The molecule has 1 saturated heterocycles. The SMILES string of the molecule is Cc1ccc(NC(=O)CN2C(=O)SC(=Cc3cc(Cl)cc(Cl)c3O)C2=O)cc1C. The molecule has 9 heteroatoms. The third-order valence-electron chi connectivity index (χ3n) is 4.31. The topological polar surface area (TPSA) is 86.7 Å². The molecule has 1 aliphatic heterocycles. The first kappa shape index (κ1) is 21.2. The number of aromatic hydroxyl groups is 1. The molecule has 1 fully saturated rings. The molecule has 1 aliphatic rings. The van der Waals surface area contributed by atoms with Crippen LogP contribution in [0.1, 0.15) is 16.7 Å². The monoisotopic (exact) mass is 450 g/mol. The number of benzene rings is 2. The van der Waals surface area contributed by atoms with Gasteiger partial charge in [0.1, 0.15) is 12.3 Å². The van der Waals surface area contributed by atoms with Gasteiger partial charge in [0.05, 0.1) is 9.93 Å². The van der Waals surface area contributed by atoms with E-state index in [1.54, 1.807) is 6.07 Å². The highest BCUT2D eigenvalue weighted by Gasteiger charge is 2.36. The van der Waals surface area contributed by atoms with Gasteiger partial charge in [-0.15, -0.1) is 0 Å². The number of aryl methyl sites for hydroxylation is 2. The van der Waals surface area contributed by atoms with E-state index in [0.717, 1.165) is 16.0 Å². The summed E-state index contributed by atoms with van der Waals surface area (Å²) in [7, 11) is 0. The normalized spacial score (nSPS) is 15.3. The van der Waals surface area contributed by atoms with Crippen molar-refractivity contribution in [1.82, 2.24) is 4.90 Å². The van der Waals surface area contributed by atoms with E-state index in [9.17, 15) is 19.5 Å². The predicted molar refractivity (Wildman–Crippen MR) is 115 cm³/mol. The van der Waals surface area contributed by atoms with Gasteiger partial charge in [-0.05, 0) is 67.1 Å². The molecule has 0 atom stereocenters. The molecule has 150 valence electrons. The highest BCUT2D eigenvalue weighted by atomic mass is 35.5. The molecule has 0 radical (unpaired) electrons. The number of carbonyl (C=O) groups is 3. The summed E-state index contributed by atoms with van der Waals surface area (Å²) < 4.78 is 0. The Bertz CT molecular complexity index is 1070. The van der Waals surface area contributed by atoms with Crippen LogP contribution in [0.25, 0.3) is 6.08 Å². The number of nitrogens with zero attached hydrogens (tertiary/aromatic N) is 1. The summed E-state index contributed by atoms with van der Waals surface area (Å²) in [5.41, 5.74) is 2.88. The number of rotatable bonds is 4. The van der Waals surface area contributed by atoms with Crippen LogP contribution in [0.3, 0.4) is 0 Å². The van der Waals surface area contributed by atoms with E-state index in [-0.39, 0.29) is 26.3 Å². The quantitative estimate of drug-likeness (QED) is 0.640. The molecule has 6 nitrogen and oxygen atoms in total. The minimum absolute atomic E-state index is 0.0238. The van der Waals surface area contributed by atoms with Gasteiger partial charge in [-0.3, -0.25) is 19.3 Å². The number of hydrogen-bond donors (Lipinski definition) is 2. The Balaban J connectivity index is 1.75. The first-order valence-corrected chi connectivity index (χ1v) is 10.0. The van der Waals surface area contributed by atoms with Crippen LogP contribution in [0.2, 0.25) is 10.0 Å². The maximum atomic E-state index is 12.6. The Morgan fingerprint density at radius 3 is 2.59 bits per heavy atom. The summed E-state index contributed by atoms with van der Waals surface area (Å²) in [6, 6.07) is 8.21. The predicted octanol–water partition coefficient (Wildman–Crippen LogP) is 4.99. The number of thioether (sulfide) groups is 1. The molecule has 0 aliphatic carbocycles. The third kappa shape index (κ3) is 4.75. The number of imide groups is 1. The van der Waals surface area contributed by atoms with E-state index in [0.29, 0.717) is 17.4 Å². The summed E-state index contributed by atoms with van der Waals surface area (Å²) in [4.78, 5) is 38.0. The fourth-order valence-electron chi connectivity index (χ4n) is 2.64. The van der Waals surface area contributed by atoms with Gasteiger partial charge < -0.3 is 10.4 Å². The van der Waals surface area contributed by atoms with E-state index in [1.165, 1.54) is 18.2 Å². The molecule has 0 bridgehead atoms. The highest BCUT2D eigenvalue weighted by molar-refractivity contribution is 8.18. The van der Waals surface area contributed by atoms with Crippen molar-refractivity contribution < 1.29 is 19.5 Å². The van der Waals surface area contributed by atoms with E-state index >= 15 is 0 Å². The molecule has 2 aromatic rings. The fourth-order valence-corrected chi connectivity index (χ4v) is 3.98. The first-order chi connectivity index (χ1) is 13.7. The molecule has 0 saturated carbocycles. The Kier molecular flexibility index (Phi) is 6.21. The Morgan fingerprint density at radius 2 is 1.90 bits per heavy atom. The smallest absolute Gasteiger partial charge is 0.294 e. The molecule has 0 unspecified atom stereocenters. The van der Waals surface area contributed by atoms with Crippen molar-refractivity contribution in [2.45, 2.75) is 13.8 Å². The number of halogens is 2. The molecule has 0 spiro atoms. The van der Waals surface area contributed by atoms with Gasteiger partial charge in [-0.25, -0.2) is 0 Å². The van der Waals surface area contributed by atoms with Gasteiger partial charge in [0.15, 0.2) is 0 Å². The lowest BCUT2D eigenvalue weighted by molar-refractivity contribution is -0.127. The second kappa shape index (κ2) is 8.49. The number of anilines is 1. The second-order valence-electron chi connectivity index (χ2n) is 6.44. The maximum Gasteiger partial charge on any atom is 0.294 e. The van der Waals surface area contributed by atoms with Crippen molar-refractivity contribution >= 4 is 63.8 Å². The lowest BCUT2D eigenvalue weighted by Crippen LogP contribution is -2.36. The van der Waals surface area contributed by atoms with Crippen molar-refractivity contribution in [3.05, 3.63) is 62.0 Å². The van der Waals surface area contributed by atoms with Crippen LogP contribution < -0.4 is 5.32 Å². The van der Waals surface area contributed by atoms with Crippen molar-refractivity contribution in [3.63, 3.8) is 0 Å². The summed E-state index contributed by atoms with van der Waals surface area (Å²) >= 11 is 12.5. The van der Waals surface area contributed by atoms with Crippen LogP contribution in [-0.4, -0.2) is 33.6 Å². The van der Waals surface area contributed by atoms with Gasteiger partial charge >= 0.3 is 0 Å². The molecule has 3 amide bonds. The number of carbonyl (C=O) groups excluding carboxylic acids is 3. The zero-order valence-corrected chi connectivity index (χ0v) is 17.8. The number of nitrogens with one attached hydrogen (secondary N) is 1. The molecule has 1 heterocycles. The van der Waals surface area contributed by atoms with Crippen LogP contribution >= 0.6 is 35.0 Å². The lowest BCUT2D eigenvalue weighted by Gasteiger charge is -2.13. The molecule has 2 aromatic carbocycles. The van der Waals surface area contributed by atoms with Crippen LogP contribution in [-0.2, 0) is 9.59 Å². The van der Waals surface area contributed by atoms with Crippen molar-refractivity contribution in [2.75, 3.05) is 11.9 Å². The highest BCUT2D eigenvalue weighted by Crippen LogP contribution is 2.37. The van der Waals surface area contributed by atoms with Crippen molar-refractivity contribution in [3.8, 4) is 5.75 Å². The lowest BCUT2D eigenvalue weighted by atomic mass is 10.1. The van der Waals surface area contributed by atoms with E-state index in [4.69, 9.17) is 23.2 Å². The molecular formula is C20H16Cl2N2O4S. The maximum absolute atomic E-state index is 12.6. The van der Waals surface area contributed by atoms with E-state index in [1.807, 2.05) is 26.0 Å². The summed E-state index contributed by atoms with van der Waals surface area (Å²) in [5.74, 6) is -1.38. The van der Waals surface area contributed by atoms with Crippen LogP contribution in [0.15, 0.2) is 35.2 Å². The summed E-state index contributed by atoms with van der Waals surface area (Å²) in [5, 5.41) is 12.4. The average molecular weight is 451 g/mol. The Labute approximate surface area is 181 Å². The minimum Gasteiger partial charge on any atom is -0.506 e. The summed E-state index contributed by atoms with van der Waals surface area (Å²) in [6.07, 6.45) is 1.32. The van der Waals surface area contributed by atoms with E-state index < -0.39 is 23.6 Å². The molecule has 2 N–H and O–H groups in total. The second-order valence-corrected chi connectivity index (χ2v) is 8.28. The average Bonchev–Trinajstić information content (AvgIpc) is 2.90. The van der Waals surface area contributed by atoms with Gasteiger partial charge in [0.25, 0.3) is 11.1 Å². The Morgan fingerprint density at radius 1 is 1.17 bits per heavy atom. The number of phenols is 1. The molecule has 29 heavy (non-hydrogen) atoms. The van der Waals surface area contributed by atoms with Crippen molar-refractivity contribution in [1.29, 1.82) is 0 Å². The van der Waals surface area contributed by atoms with Gasteiger partial charge in [-0.1, -0.05) is 29.3 Å². The first-order valence-electron chi connectivity index (χ1n) is 8.46. The fraction of sp³-hybridized carbons (Fsp3) is 0.150. The van der Waals surface area contributed by atoms with Gasteiger partial charge in [0.2, 0.25) is 5.91 Å². The molecular weight excluding hydrogens is 435 g/mol. The Hall–Kier alpha value is -2.48.